The van der Waals surface area contributed by atoms with Gasteiger partial charge in [-0.25, -0.2) is 0 Å². The number of hydrogen-bond acceptors (Lipinski definition) is 6. The smallest absolute Gasteiger partial charge is 0.334 e. The summed E-state index contributed by atoms with van der Waals surface area (Å²) in [4.78, 5) is 0. The maximum Gasteiger partial charge on any atom is 0.334 e. The molecule has 0 fully saturated rings. The van der Waals surface area contributed by atoms with E-state index in [4.69, 9.17) is 25.9 Å². The zero-order valence-electron chi connectivity index (χ0n) is 19.8. The van der Waals surface area contributed by atoms with Crippen LogP contribution in [0.25, 0.3) is 0 Å². The lowest BCUT2D eigenvalue weighted by Gasteiger charge is -2.40. The van der Waals surface area contributed by atoms with Crippen molar-refractivity contribution < 1.29 is 25.9 Å². The molecule has 0 spiro atoms. The van der Waals surface area contributed by atoms with Gasteiger partial charge in [-0.3, -0.25) is 0 Å². The van der Waals surface area contributed by atoms with Gasteiger partial charge in [-0.15, -0.1) is 0 Å². The van der Waals surface area contributed by atoms with E-state index in [2.05, 4.69) is 52.4 Å². The molecule has 164 valence electrons. The first-order valence-electron chi connectivity index (χ1n) is 9.68. The standard InChI is InChI=1S/C16H44O6Si5/c1-17-26(11,18-2)15-13-23(5,6)21-25(9,10)22-24(7,8)14-16-27(12,19-3)20-4/h13-16H2,1-12H3. The lowest BCUT2D eigenvalue weighted by Crippen LogP contribution is -2.53. The number of hydrogen-bond donors (Lipinski definition) is 0. The molecule has 6 nitrogen and oxygen atoms in total. The van der Waals surface area contributed by atoms with E-state index >= 15 is 0 Å². The van der Waals surface area contributed by atoms with Crippen molar-refractivity contribution in [3.8, 4) is 0 Å². The second-order valence-corrected chi connectivity index (χ2v) is 28.8. The van der Waals surface area contributed by atoms with Gasteiger partial charge in [0.05, 0.1) is 0 Å². The first-order valence-corrected chi connectivity index (χ1v) is 23.8. The van der Waals surface area contributed by atoms with Crippen LogP contribution < -0.4 is 0 Å². The van der Waals surface area contributed by atoms with Crippen molar-refractivity contribution in [1.82, 2.24) is 0 Å². The lowest BCUT2D eigenvalue weighted by atomic mass is 10.9. The third-order valence-corrected chi connectivity index (χ3v) is 23.2. The highest BCUT2D eigenvalue weighted by molar-refractivity contribution is 6.88. The molecule has 0 amide bonds. The molecule has 0 aliphatic carbocycles. The summed E-state index contributed by atoms with van der Waals surface area (Å²) in [5, 5.41) is 0. The molecule has 0 rings (SSSR count). The van der Waals surface area contributed by atoms with Gasteiger partial charge in [0.25, 0.3) is 0 Å². The first kappa shape index (κ1) is 27.8. The highest BCUT2D eigenvalue weighted by Crippen LogP contribution is 2.29. The molecule has 0 radical (unpaired) electrons. The summed E-state index contributed by atoms with van der Waals surface area (Å²) in [5.41, 5.74) is 0. The summed E-state index contributed by atoms with van der Waals surface area (Å²) in [7, 11) is -3.06. The Hall–Kier alpha value is 0.844. The Balaban J connectivity index is 4.84. The molecule has 27 heavy (non-hydrogen) atoms. The van der Waals surface area contributed by atoms with E-state index in [9.17, 15) is 0 Å². The first-order chi connectivity index (χ1) is 12.1. The summed E-state index contributed by atoms with van der Waals surface area (Å²) >= 11 is 0. The summed E-state index contributed by atoms with van der Waals surface area (Å²) in [6.45, 7) is 17.7. The minimum Gasteiger partial charge on any atom is -0.437 e. The monoisotopic (exact) mass is 472 g/mol. The van der Waals surface area contributed by atoms with Crippen molar-refractivity contribution in [3.05, 3.63) is 0 Å². The summed E-state index contributed by atoms with van der Waals surface area (Å²) in [6, 6.07) is 3.96. The Morgan fingerprint density at radius 2 is 0.704 bits per heavy atom. The van der Waals surface area contributed by atoms with Gasteiger partial charge in [0.2, 0.25) is 0 Å². The average Bonchev–Trinajstić information content (AvgIpc) is 2.56. The highest BCUT2D eigenvalue weighted by Gasteiger charge is 2.42. The SMILES string of the molecule is CO[Si](C)(CC[Si](C)(C)O[Si](C)(C)O[Si](C)(C)CC[Si](C)(OC)OC)OC. The molecular formula is C16H44O6Si5. The van der Waals surface area contributed by atoms with Crippen molar-refractivity contribution in [2.45, 2.75) is 76.6 Å². The Labute approximate surface area is 173 Å². The molecule has 0 N–H and O–H groups in total. The fourth-order valence-electron chi connectivity index (χ4n) is 3.08. The zero-order chi connectivity index (χ0) is 21.6. The van der Waals surface area contributed by atoms with Gasteiger partial charge in [0, 0.05) is 28.4 Å². The van der Waals surface area contributed by atoms with Crippen LogP contribution in [0.3, 0.4) is 0 Å². The molecule has 0 atom stereocenters. The third kappa shape index (κ3) is 11.0. The van der Waals surface area contributed by atoms with E-state index in [0.29, 0.717) is 0 Å². The van der Waals surface area contributed by atoms with Crippen molar-refractivity contribution in [2.75, 3.05) is 28.4 Å². The molecular weight excluding hydrogens is 429 g/mol. The fourth-order valence-corrected chi connectivity index (χ4v) is 24.7. The van der Waals surface area contributed by atoms with Crippen LogP contribution in [0.15, 0.2) is 0 Å². The normalized spacial score (nSPS) is 14.7. The van der Waals surface area contributed by atoms with Crippen molar-refractivity contribution in [2.24, 2.45) is 0 Å². The van der Waals surface area contributed by atoms with Gasteiger partial charge in [-0.05, 0) is 76.6 Å². The summed E-state index contributed by atoms with van der Waals surface area (Å²) in [6.07, 6.45) is 0. The fraction of sp³-hybridized carbons (Fsp3) is 1.00. The Kier molecular flexibility index (Phi) is 11.1. The average molecular weight is 473 g/mol. The zero-order valence-corrected chi connectivity index (χ0v) is 24.8. The minimum atomic E-state index is -2.22. The predicted molar refractivity (Wildman–Crippen MR) is 125 cm³/mol. The lowest BCUT2D eigenvalue weighted by molar-refractivity contribution is 0.250. The number of rotatable bonds is 14. The second kappa shape index (κ2) is 10.7. The largest absolute Gasteiger partial charge is 0.437 e. The van der Waals surface area contributed by atoms with Crippen LogP contribution in [0, 0.1) is 0 Å². The van der Waals surface area contributed by atoms with Gasteiger partial charge in [-0.2, -0.15) is 0 Å². The van der Waals surface area contributed by atoms with Gasteiger partial charge in [-0.1, -0.05) is 0 Å². The van der Waals surface area contributed by atoms with E-state index in [1.807, 2.05) is 0 Å². The van der Waals surface area contributed by atoms with Crippen molar-refractivity contribution >= 4 is 42.3 Å². The highest BCUT2D eigenvalue weighted by atomic mass is 28.5. The predicted octanol–water partition coefficient (Wildman–Crippen LogP) is 4.86. The van der Waals surface area contributed by atoms with Crippen LogP contribution in [0.1, 0.15) is 0 Å². The summed E-state index contributed by atoms with van der Waals surface area (Å²) < 4.78 is 35.9. The van der Waals surface area contributed by atoms with Crippen molar-refractivity contribution in [1.29, 1.82) is 0 Å². The molecule has 0 unspecified atom stereocenters. The molecule has 0 aliphatic rings. The van der Waals surface area contributed by atoms with Crippen LogP contribution in [0.5, 0.6) is 0 Å². The summed E-state index contributed by atoms with van der Waals surface area (Å²) in [5.74, 6) is 0. The van der Waals surface area contributed by atoms with E-state index in [0.717, 1.165) is 24.2 Å². The van der Waals surface area contributed by atoms with E-state index in [1.165, 1.54) is 0 Å². The van der Waals surface area contributed by atoms with E-state index < -0.39 is 42.3 Å². The Morgan fingerprint density at radius 3 is 0.926 bits per heavy atom. The molecule has 0 saturated heterocycles. The van der Waals surface area contributed by atoms with Crippen molar-refractivity contribution in [3.63, 3.8) is 0 Å². The van der Waals surface area contributed by atoms with Gasteiger partial charge < -0.3 is 25.9 Å². The van der Waals surface area contributed by atoms with Crippen LogP contribution in [0.4, 0.5) is 0 Å². The Bertz CT molecular complexity index is 401. The van der Waals surface area contributed by atoms with E-state index in [1.54, 1.807) is 28.4 Å². The maximum absolute atomic E-state index is 6.68. The molecule has 0 saturated carbocycles. The molecule has 11 heteroatoms. The molecule has 0 aromatic carbocycles. The minimum absolute atomic E-state index is 0.955. The second-order valence-electron chi connectivity index (χ2n) is 9.21. The topological polar surface area (TPSA) is 55.4 Å². The van der Waals surface area contributed by atoms with Gasteiger partial charge >= 0.3 is 25.7 Å². The van der Waals surface area contributed by atoms with E-state index in [-0.39, 0.29) is 0 Å². The quantitative estimate of drug-likeness (QED) is 0.336. The van der Waals surface area contributed by atoms with Gasteiger partial charge in [0.1, 0.15) is 0 Å². The molecule has 0 aromatic heterocycles. The van der Waals surface area contributed by atoms with Crippen LogP contribution in [-0.2, 0) is 25.9 Å². The molecule has 0 aromatic rings. The van der Waals surface area contributed by atoms with Crippen LogP contribution in [0.2, 0.25) is 76.6 Å². The van der Waals surface area contributed by atoms with Crippen LogP contribution in [-0.4, -0.2) is 70.8 Å². The van der Waals surface area contributed by atoms with Gasteiger partial charge in [0.15, 0.2) is 16.6 Å². The maximum atomic E-state index is 6.68. The molecule has 0 aliphatic heterocycles. The van der Waals surface area contributed by atoms with Crippen LogP contribution >= 0.6 is 0 Å². The third-order valence-electron chi connectivity index (χ3n) is 5.13. The molecule has 0 bridgehead atoms. The molecule has 0 heterocycles. The Morgan fingerprint density at radius 1 is 0.444 bits per heavy atom.